The maximum Gasteiger partial charge on any atom is 0.263 e. The van der Waals surface area contributed by atoms with Crippen molar-refractivity contribution >= 4 is 16.9 Å². The number of rotatable bonds is 9. The molecule has 0 aliphatic heterocycles. The first-order valence-corrected chi connectivity index (χ1v) is 12.3. The Morgan fingerprint density at radius 3 is 2.54 bits per heavy atom. The molecule has 2 heterocycles. The summed E-state index contributed by atoms with van der Waals surface area (Å²) < 4.78 is 6.78. The predicted octanol–water partition coefficient (Wildman–Crippen LogP) is 3.97. The molecule has 1 N–H and O–H groups in total. The van der Waals surface area contributed by atoms with E-state index >= 15 is 0 Å². The lowest BCUT2D eigenvalue weighted by Gasteiger charge is -2.15. The number of carbonyl (C=O) groups is 1. The summed E-state index contributed by atoms with van der Waals surface area (Å²) in [5.41, 5.74) is 3.62. The molecule has 0 aliphatic carbocycles. The Kier molecular flexibility index (Phi) is 7.98. The fourth-order valence-electron chi connectivity index (χ4n) is 4.13. The number of benzene rings is 2. The highest BCUT2D eigenvalue weighted by atomic mass is 16.5. The van der Waals surface area contributed by atoms with Gasteiger partial charge in [0.05, 0.1) is 12.5 Å². The number of ether oxygens (including phenoxy) is 1. The van der Waals surface area contributed by atoms with Crippen LogP contribution in [0.15, 0.2) is 65.6 Å². The van der Waals surface area contributed by atoms with Crippen molar-refractivity contribution in [2.45, 2.75) is 26.9 Å². The van der Waals surface area contributed by atoms with Crippen molar-refractivity contribution in [1.82, 2.24) is 24.8 Å². The third kappa shape index (κ3) is 6.21. The molecule has 1 amide bonds. The van der Waals surface area contributed by atoms with Gasteiger partial charge in [-0.15, -0.1) is 0 Å². The molecule has 2 aromatic heterocycles. The number of amides is 1. The summed E-state index contributed by atoms with van der Waals surface area (Å²) >= 11 is 0. The zero-order valence-electron chi connectivity index (χ0n) is 22.0. The highest BCUT2D eigenvalue weighted by molar-refractivity contribution is 5.83. The first kappa shape index (κ1) is 26.0. The summed E-state index contributed by atoms with van der Waals surface area (Å²) in [4.78, 5) is 38.0. The van der Waals surface area contributed by atoms with Gasteiger partial charge < -0.3 is 15.0 Å². The van der Waals surface area contributed by atoms with E-state index in [2.05, 4.69) is 27.3 Å². The molecule has 8 nitrogen and oxygen atoms in total. The molecule has 0 saturated heterocycles. The van der Waals surface area contributed by atoms with Gasteiger partial charge in [-0.1, -0.05) is 44.2 Å². The SMILES string of the molecule is COc1cccc(-c2nc3ncc(-c4cccc(CN(C)C)c4)cc3c(=O)n2CC(=O)NCC(C)C)c1. The summed E-state index contributed by atoms with van der Waals surface area (Å²) in [5, 5.41) is 3.26. The highest BCUT2D eigenvalue weighted by Crippen LogP contribution is 2.26. The first-order chi connectivity index (χ1) is 17.7. The Labute approximate surface area is 216 Å². The first-order valence-electron chi connectivity index (χ1n) is 12.3. The van der Waals surface area contributed by atoms with Crippen LogP contribution in [0.25, 0.3) is 33.5 Å². The van der Waals surface area contributed by atoms with Gasteiger partial charge >= 0.3 is 0 Å². The minimum absolute atomic E-state index is 0.149. The van der Waals surface area contributed by atoms with Crippen LogP contribution >= 0.6 is 0 Å². The number of nitrogens with zero attached hydrogens (tertiary/aromatic N) is 4. The van der Waals surface area contributed by atoms with Crippen molar-refractivity contribution in [2.24, 2.45) is 5.92 Å². The predicted molar refractivity (Wildman–Crippen MR) is 146 cm³/mol. The van der Waals surface area contributed by atoms with Crippen LogP contribution in [-0.2, 0) is 17.9 Å². The Morgan fingerprint density at radius 2 is 1.81 bits per heavy atom. The molecule has 0 fully saturated rings. The van der Waals surface area contributed by atoms with E-state index in [0.29, 0.717) is 40.6 Å². The fraction of sp³-hybridized carbons (Fsp3) is 0.310. The van der Waals surface area contributed by atoms with E-state index < -0.39 is 0 Å². The standard InChI is InChI=1S/C29H33N5O3/c1-19(2)15-30-26(35)18-34-28(22-10-7-11-24(13-22)37-5)32-27-25(29(34)36)14-23(16-31-27)21-9-6-8-20(12-21)17-33(3)4/h6-14,16,19H,15,17-18H2,1-5H3,(H,30,35). The average molecular weight is 500 g/mol. The van der Waals surface area contributed by atoms with E-state index in [0.717, 1.165) is 23.2 Å². The fourth-order valence-corrected chi connectivity index (χ4v) is 4.13. The smallest absolute Gasteiger partial charge is 0.263 e. The van der Waals surface area contributed by atoms with Crippen LogP contribution in [0.3, 0.4) is 0 Å². The molecule has 0 saturated carbocycles. The van der Waals surface area contributed by atoms with E-state index in [1.807, 2.05) is 64.3 Å². The second-order valence-electron chi connectivity index (χ2n) is 9.79. The minimum Gasteiger partial charge on any atom is -0.497 e. The second kappa shape index (κ2) is 11.3. The van der Waals surface area contributed by atoms with Crippen LogP contribution in [0.5, 0.6) is 5.75 Å². The van der Waals surface area contributed by atoms with Gasteiger partial charge in [0.25, 0.3) is 5.56 Å². The number of hydrogen-bond donors (Lipinski definition) is 1. The van der Waals surface area contributed by atoms with Gasteiger partial charge in [0.1, 0.15) is 18.1 Å². The van der Waals surface area contributed by atoms with Gasteiger partial charge in [0.2, 0.25) is 5.91 Å². The third-order valence-electron chi connectivity index (χ3n) is 5.91. The summed E-state index contributed by atoms with van der Waals surface area (Å²) in [6.45, 7) is 5.22. The molecule has 2 aromatic carbocycles. The monoisotopic (exact) mass is 499 g/mol. The van der Waals surface area contributed by atoms with Gasteiger partial charge in [-0.05, 0) is 55.4 Å². The maximum absolute atomic E-state index is 13.8. The van der Waals surface area contributed by atoms with Crippen molar-refractivity contribution in [1.29, 1.82) is 0 Å². The van der Waals surface area contributed by atoms with Gasteiger partial charge in [-0.2, -0.15) is 0 Å². The minimum atomic E-state index is -0.318. The Bertz CT molecular complexity index is 1480. The maximum atomic E-state index is 13.8. The Balaban J connectivity index is 1.84. The topological polar surface area (TPSA) is 89.4 Å². The summed E-state index contributed by atoms with van der Waals surface area (Å²) in [6, 6.07) is 17.2. The Morgan fingerprint density at radius 1 is 1.05 bits per heavy atom. The van der Waals surface area contributed by atoms with E-state index in [1.165, 1.54) is 4.57 Å². The van der Waals surface area contributed by atoms with Crippen LogP contribution in [0.1, 0.15) is 19.4 Å². The lowest BCUT2D eigenvalue weighted by Crippen LogP contribution is -2.35. The lowest BCUT2D eigenvalue weighted by molar-refractivity contribution is -0.121. The Hall–Kier alpha value is -4.04. The molecule has 0 radical (unpaired) electrons. The quantitative estimate of drug-likeness (QED) is 0.375. The molecule has 192 valence electrons. The number of methoxy groups -OCH3 is 1. The largest absolute Gasteiger partial charge is 0.497 e. The average Bonchev–Trinajstić information content (AvgIpc) is 2.88. The number of nitrogens with one attached hydrogen (secondary N) is 1. The van der Waals surface area contributed by atoms with Crippen LogP contribution in [0.2, 0.25) is 0 Å². The van der Waals surface area contributed by atoms with E-state index in [-0.39, 0.29) is 18.0 Å². The normalized spacial score (nSPS) is 11.3. The van der Waals surface area contributed by atoms with Crippen LogP contribution in [0, 0.1) is 5.92 Å². The van der Waals surface area contributed by atoms with E-state index in [1.54, 1.807) is 19.4 Å². The number of pyridine rings is 1. The molecular formula is C29H33N5O3. The van der Waals surface area contributed by atoms with Gasteiger partial charge in [-0.3, -0.25) is 14.2 Å². The van der Waals surface area contributed by atoms with Crippen molar-refractivity contribution in [3.05, 3.63) is 76.7 Å². The lowest BCUT2D eigenvalue weighted by atomic mass is 10.0. The molecule has 0 spiro atoms. The third-order valence-corrected chi connectivity index (χ3v) is 5.91. The molecule has 37 heavy (non-hydrogen) atoms. The molecule has 0 aliphatic rings. The number of hydrogen-bond acceptors (Lipinski definition) is 6. The number of carbonyl (C=O) groups excluding carboxylic acids is 1. The number of fused-ring (bicyclic) bond motifs is 1. The van der Waals surface area contributed by atoms with Crippen LogP contribution in [-0.4, -0.2) is 53.1 Å². The molecule has 0 unspecified atom stereocenters. The molecule has 0 atom stereocenters. The summed E-state index contributed by atoms with van der Waals surface area (Å²) in [6.07, 6.45) is 1.73. The van der Waals surface area contributed by atoms with Gasteiger partial charge in [0.15, 0.2) is 5.65 Å². The van der Waals surface area contributed by atoms with E-state index in [4.69, 9.17) is 9.72 Å². The van der Waals surface area contributed by atoms with Crippen molar-refractivity contribution < 1.29 is 9.53 Å². The summed E-state index contributed by atoms with van der Waals surface area (Å²) in [5.74, 6) is 1.04. The molecule has 4 aromatic rings. The molecule has 4 rings (SSSR count). The zero-order chi connectivity index (χ0) is 26.5. The van der Waals surface area contributed by atoms with Crippen molar-refractivity contribution in [3.8, 4) is 28.3 Å². The van der Waals surface area contributed by atoms with E-state index in [9.17, 15) is 9.59 Å². The highest BCUT2D eigenvalue weighted by Gasteiger charge is 2.18. The second-order valence-corrected chi connectivity index (χ2v) is 9.79. The van der Waals surface area contributed by atoms with Crippen LogP contribution in [0.4, 0.5) is 0 Å². The van der Waals surface area contributed by atoms with Crippen molar-refractivity contribution in [2.75, 3.05) is 27.7 Å². The van der Waals surface area contributed by atoms with Crippen molar-refractivity contribution in [3.63, 3.8) is 0 Å². The molecule has 8 heteroatoms. The molecule has 0 bridgehead atoms. The van der Waals surface area contributed by atoms with Gasteiger partial charge in [-0.25, -0.2) is 9.97 Å². The molecular weight excluding hydrogens is 466 g/mol. The number of aromatic nitrogens is 3. The van der Waals surface area contributed by atoms with Crippen LogP contribution < -0.4 is 15.6 Å². The zero-order valence-corrected chi connectivity index (χ0v) is 22.0. The summed E-state index contributed by atoms with van der Waals surface area (Å²) in [7, 11) is 5.63. The van der Waals surface area contributed by atoms with Gasteiger partial charge in [0, 0.05) is 30.4 Å².